The van der Waals surface area contributed by atoms with Crippen LogP contribution in [0.2, 0.25) is 0 Å². The first-order valence-electron chi connectivity index (χ1n) is 10.3. The average molecular weight is 410 g/mol. The molecule has 0 aliphatic carbocycles. The molecule has 0 saturated heterocycles. The first kappa shape index (κ1) is 22.0. The summed E-state index contributed by atoms with van der Waals surface area (Å²) in [4.78, 5) is 26.2. The molecule has 1 heterocycles. The Balaban J connectivity index is 2.33. The van der Waals surface area contributed by atoms with Gasteiger partial charge in [0.25, 0.3) is 0 Å². The number of aryl methyl sites for hydroxylation is 1. The van der Waals surface area contributed by atoms with Crippen LogP contribution in [-0.2, 0) is 27.4 Å². The topological polar surface area (TPSA) is 66.8 Å². The lowest BCUT2D eigenvalue weighted by Crippen LogP contribution is -2.28. The molecule has 5 nitrogen and oxygen atoms in total. The second-order valence-corrected chi connectivity index (χ2v) is 9.19. The van der Waals surface area contributed by atoms with Crippen LogP contribution in [0.5, 0.6) is 0 Å². The van der Waals surface area contributed by atoms with Crippen molar-refractivity contribution < 1.29 is 19.4 Å². The van der Waals surface area contributed by atoms with E-state index in [4.69, 9.17) is 4.74 Å². The van der Waals surface area contributed by atoms with Crippen molar-refractivity contribution in [1.29, 1.82) is 0 Å². The molecular weight excluding hydrogens is 378 g/mol. The predicted octanol–water partition coefficient (Wildman–Crippen LogP) is 5.08. The van der Waals surface area contributed by atoms with Gasteiger partial charge in [0.15, 0.2) is 6.10 Å². The van der Waals surface area contributed by atoms with Gasteiger partial charge in [-0.15, -0.1) is 0 Å². The molecular formula is C25H31NO4. The number of carboxylic acids is 1. The molecule has 1 N–H and O–H groups in total. The minimum atomic E-state index is -1.10. The molecule has 5 heteroatoms. The van der Waals surface area contributed by atoms with Crippen LogP contribution in [0, 0.1) is 20.8 Å². The lowest BCUT2D eigenvalue weighted by molar-refractivity contribution is -0.160. The number of ether oxygens (including phenoxy) is 1. The number of carboxylic acid groups (broad SMARTS) is 1. The van der Waals surface area contributed by atoms with Gasteiger partial charge in [-0.2, -0.15) is 0 Å². The second kappa shape index (κ2) is 7.88. The van der Waals surface area contributed by atoms with Crippen molar-refractivity contribution in [2.45, 2.75) is 73.3 Å². The highest BCUT2D eigenvalue weighted by atomic mass is 16.5. The molecule has 0 unspecified atom stereocenters. The summed E-state index contributed by atoms with van der Waals surface area (Å²) < 4.78 is 6.06. The molecule has 2 aromatic carbocycles. The number of rotatable bonds is 4. The molecule has 3 rings (SSSR count). The van der Waals surface area contributed by atoms with E-state index in [1.54, 1.807) is 11.8 Å². The Morgan fingerprint density at radius 1 is 1.00 bits per heavy atom. The van der Waals surface area contributed by atoms with Crippen LogP contribution in [0.1, 0.15) is 67.2 Å². The van der Waals surface area contributed by atoms with Crippen molar-refractivity contribution in [1.82, 2.24) is 4.90 Å². The number of amides is 1. The van der Waals surface area contributed by atoms with Crippen molar-refractivity contribution in [3.8, 4) is 11.1 Å². The maximum atomic E-state index is 12.4. The molecule has 2 aromatic rings. The minimum Gasteiger partial charge on any atom is -0.479 e. The first-order valence-corrected chi connectivity index (χ1v) is 10.3. The standard InChI is InChI=1S/C25H31NO4/c1-14-8-10-18(11-9-14)21-15(2)19-12-26(17(4)27)13-20(19)16(3)22(21)23(24(28)29)30-25(5,6)7/h8-11,23H,12-13H2,1-7H3,(H,28,29)/t23-/m0/s1. The molecule has 160 valence electrons. The fraction of sp³-hybridized carbons (Fsp3) is 0.440. The smallest absolute Gasteiger partial charge is 0.337 e. The van der Waals surface area contributed by atoms with Gasteiger partial charge >= 0.3 is 5.97 Å². The summed E-state index contributed by atoms with van der Waals surface area (Å²) in [6, 6.07) is 8.12. The van der Waals surface area contributed by atoms with Crippen LogP contribution in [-0.4, -0.2) is 27.5 Å². The number of carbonyl (C=O) groups excluding carboxylic acids is 1. The average Bonchev–Trinajstić information content (AvgIpc) is 3.09. The largest absolute Gasteiger partial charge is 0.479 e. The monoisotopic (exact) mass is 409 g/mol. The number of aliphatic carboxylic acids is 1. The fourth-order valence-corrected chi connectivity index (χ4v) is 4.25. The molecule has 30 heavy (non-hydrogen) atoms. The summed E-state index contributed by atoms with van der Waals surface area (Å²) in [6.45, 7) is 14.2. The van der Waals surface area contributed by atoms with Gasteiger partial charge < -0.3 is 14.7 Å². The van der Waals surface area contributed by atoms with E-state index in [1.165, 1.54) is 0 Å². The van der Waals surface area contributed by atoms with Crippen LogP contribution >= 0.6 is 0 Å². The van der Waals surface area contributed by atoms with E-state index < -0.39 is 17.7 Å². The van der Waals surface area contributed by atoms with Crippen molar-refractivity contribution in [2.75, 3.05) is 0 Å². The summed E-state index contributed by atoms with van der Waals surface area (Å²) in [6.07, 6.45) is -1.10. The third kappa shape index (κ3) is 4.12. The number of hydrogen-bond donors (Lipinski definition) is 1. The lowest BCUT2D eigenvalue weighted by atomic mass is 9.83. The van der Waals surface area contributed by atoms with Gasteiger partial charge in [0.05, 0.1) is 5.60 Å². The summed E-state index contributed by atoms with van der Waals surface area (Å²) >= 11 is 0. The Morgan fingerprint density at radius 2 is 1.53 bits per heavy atom. The van der Waals surface area contributed by atoms with Crippen molar-refractivity contribution in [3.05, 3.63) is 57.6 Å². The van der Waals surface area contributed by atoms with E-state index >= 15 is 0 Å². The molecule has 0 fully saturated rings. The molecule has 1 aliphatic heterocycles. The van der Waals surface area contributed by atoms with E-state index in [-0.39, 0.29) is 5.91 Å². The highest BCUT2D eigenvalue weighted by molar-refractivity contribution is 5.84. The van der Waals surface area contributed by atoms with Gasteiger partial charge in [-0.3, -0.25) is 4.79 Å². The molecule has 0 bridgehead atoms. The van der Waals surface area contributed by atoms with Gasteiger partial charge in [0.2, 0.25) is 5.91 Å². The van der Waals surface area contributed by atoms with Gasteiger partial charge in [-0.05, 0) is 74.9 Å². The van der Waals surface area contributed by atoms with Gasteiger partial charge in [-0.1, -0.05) is 29.8 Å². The predicted molar refractivity (Wildman–Crippen MR) is 117 cm³/mol. The van der Waals surface area contributed by atoms with Crippen LogP contribution in [0.3, 0.4) is 0 Å². The van der Waals surface area contributed by atoms with Gasteiger partial charge in [-0.25, -0.2) is 4.79 Å². The summed E-state index contributed by atoms with van der Waals surface area (Å²) in [7, 11) is 0. The van der Waals surface area contributed by atoms with Crippen LogP contribution in [0.4, 0.5) is 0 Å². The van der Waals surface area contributed by atoms with Crippen LogP contribution < -0.4 is 0 Å². The Kier molecular flexibility index (Phi) is 5.79. The highest BCUT2D eigenvalue weighted by Gasteiger charge is 2.35. The zero-order valence-electron chi connectivity index (χ0n) is 18.9. The third-order valence-electron chi connectivity index (χ3n) is 5.76. The van der Waals surface area contributed by atoms with Crippen molar-refractivity contribution in [3.63, 3.8) is 0 Å². The summed E-state index contributed by atoms with van der Waals surface area (Å²) in [5, 5.41) is 10.1. The number of fused-ring (bicyclic) bond motifs is 1. The second-order valence-electron chi connectivity index (χ2n) is 9.19. The summed E-state index contributed by atoms with van der Waals surface area (Å²) in [5.74, 6) is -0.994. The SMILES string of the molecule is CC(=O)N1Cc2c(C)c(-c3ccc(C)cc3)c([C@H](OC(C)(C)C)C(=O)O)c(C)c2C1. The Hall–Kier alpha value is -2.66. The quantitative estimate of drug-likeness (QED) is 0.764. The normalized spacial score (nSPS) is 14.6. The van der Waals surface area contributed by atoms with Gasteiger partial charge in [0, 0.05) is 25.6 Å². The minimum absolute atomic E-state index is 0.0177. The Morgan fingerprint density at radius 3 is 2.00 bits per heavy atom. The number of hydrogen-bond acceptors (Lipinski definition) is 3. The zero-order chi connectivity index (χ0) is 22.4. The molecule has 0 spiro atoms. The Labute approximate surface area is 178 Å². The van der Waals surface area contributed by atoms with E-state index in [2.05, 4.69) is 0 Å². The first-order chi connectivity index (χ1) is 13.9. The Bertz CT molecular complexity index is 1000. The molecule has 0 saturated carbocycles. The molecule has 0 radical (unpaired) electrons. The maximum Gasteiger partial charge on any atom is 0.337 e. The molecule has 1 atom stereocenters. The zero-order valence-corrected chi connectivity index (χ0v) is 18.9. The van der Waals surface area contributed by atoms with Crippen molar-refractivity contribution >= 4 is 11.9 Å². The third-order valence-corrected chi connectivity index (χ3v) is 5.76. The molecule has 0 aromatic heterocycles. The van der Waals surface area contributed by atoms with E-state index in [1.807, 2.05) is 65.8 Å². The lowest BCUT2D eigenvalue weighted by Gasteiger charge is -2.29. The molecule has 1 amide bonds. The molecule has 1 aliphatic rings. The number of carbonyl (C=O) groups is 2. The fourth-order valence-electron chi connectivity index (χ4n) is 4.25. The van der Waals surface area contributed by atoms with E-state index in [0.29, 0.717) is 18.7 Å². The van der Waals surface area contributed by atoms with E-state index in [9.17, 15) is 14.7 Å². The van der Waals surface area contributed by atoms with Crippen LogP contribution in [0.25, 0.3) is 11.1 Å². The van der Waals surface area contributed by atoms with Crippen LogP contribution in [0.15, 0.2) is 24.3 Å². The van der Waals surface area contributed by atoms with Gasteiger partial charge in [0.1, 0.15) is 0 Å². The maximum absolute atomic E-state index is 12.4. The van der Waals surface area contributed by atoms with Crippen molar-refractivity contribution in [2.24, 2.45) is 0 Å². The highest BCUT2D eigenvalue weighted by Crippen LogP contribution is 2.43. The van der Waals surface area contributed by atoms with E-state index in [0.717, 1.165) is 38.9 Å². The number of nitrogens with zero attached hydrogens (tertiary/aromatic N) is 1. The number of benzene rings is 2. The summed E-state index contributed by atoms with van der Waals surface area (Å²) in [5.41, 5.74) is 7.12.